The maximum absolute atomic E-state index is 12.2. The van der Waals surface area contributed by atoms with Crippen molar-refractivity contribution in [3.63, 3.8) is 0 Å². The maximum atomic E-state index is 12.2. The molecule has 0 aliphatic carbocycles. The van der Waals surface area contributed by atoms with Crippen molar-refractivity contribution in [2.24, 2.45) is 0 Å². The Bertz CT molecular complexity index is 123. The molecule has 0 aromatic heterocycles. The Morgan fingerprint density at radius 2 is 2.56 bits per heavy atom. The average Bonchev–Trinajstić information content (AvgIpc) is 2.14. The van der Waals surface area contributed by atoms with Crippen LogP contribution < -0.4 is 0 Å². The molecule has 0 spiro atoms. The van der Waals surface area contributed by atoms with Crippen LogP contribution >= 0.6 is 0 Å². The number of alkyl halides is 1. The second-order valence-electron chi connectivity index (χ2n) is 1.89. The Labute approximate surface area is 51.7 Å². The van der Waals surface area contributed by atoms with Gasteiger partial charge in [-0.25, -0.2) is 9.18 Å². The molecule has 4 heteroatoms. The van der Waals surface area contributed by atoms with Gasteiger partial charge in [-0.15, -0.1) is 0 Å². The molecule has 2 atom stereocenters. The number of halogens is 1. The van der Waals surface area contributed by atoms with Crippen molar-refractivity contribution in [3.8, 4) is 0 Å². The van der Waals surface area contributed by atoms with E-state index < -0.39 is 18.4 Å². The van der Waals surface area contributed by atoms with E-state index in [0.717, 1.165) is 0 Å². The first-order valence-corrected chi connectivity index (χ1v) is 2.67. The molecule has 1 saturated heterocycles. The molecule has 1 aliphatic heterocycles. The van der Waals surface area contributed by atoms with Gasteiger partial charge in [-0.1, -0.05) is 0 Å². The first-order valence-electron chi connectivity index (χ1n) is 2.67. The van der Waals surface area contributed by atoms with Crippen LogP contribution in [0.4, 0.5) is 9.18 Å². The number of carbonyl (C=O) groups excluding carboxylic acids is 1. The van der Waals surface area contributed by atoms with Crippen LogP contribution in [-0.2, 0) is 9.47 Å². The summed E-state index contributed by atoms with van der Waals surface area (Å²) in [6.45, 7) is 1.36. The highest BCUT2D eigenvalue weighted by molar-refractivity contribution is 5.61. The van der Waals surface area contributed by atoms with Gasteiger partial charge in [0.05, 0.1) is 0 Å². The summed E-state index contributed by atoms with van der Waals surface area (Å²) in [6.07, 6.45) is -2.61. The zero-order valence-electron chi connectivity index (χ0n) is 4.96. The standard InChI is InChI=1S/C5H7FO3/c1-3(6)4-2-8-5(7)9-4/h3-4H,2H2,1H3. The average molecular weight is 134 g/mol. The van der Waals surface area contributed by atoms with E-state index in [1.165, 1.54) is 6.92 Å². The lowest BCUT2D eigenvalue weighted by molar-refractivity contribution is 0.0876. The molecule has 1 rings (SSSR count). The van der Waals surface area contributed by atoms with Crippen LogP contribution in [0, 0.1) is 0 Å². The van der Waals surface area contributed by atoms with Gasteiger partial charge >= 0.3 is 6.16 Å². The lowest BCUT2D eigenvalue weighted by Gasteiger charge is -2.04. The lowest BCUT2D eigenvalue weighted by Crippen LogP contribution is -2.20. The number of ether oxygens (including phenoxy) is 2. The predicted molar refractivity (Wildman–Crippen MR) is 26.8 cm³/mol. The fourth-order valence-electron chi connectivity index (χ4n) is 0.568. The summed E-state index contributed by atoms with van der Waals surface area (Å²) in [5.41, 5.74) is 0. The van der Waals surface area contributed by atoms with Gasteiger partial charge in [0.25, 0.3) is 0 Å². The van der Waals surface area contributed by atoms with Gasteiger partial charge in [0.1, 0.15) is 12.8 Å². The van der Waals surface area contributed by atoms with Crippen LogP contribution in [0.15, 0.2) is 0 Å². The van der Waals surface area contributed by atoms with E-state index >= 15 is 0 Å². The summed E-state index contributed by atoms with van der Waals surface area (Å²) < 4.78 is 20.9. The molecule has 0 radical (unpaired) electrons. The van der Waals surface area contributed by atoms with Crippen LogP contribution in [0.5, 0.6) is 0 Å². The summed E-state index contributed by atoms with van der Waals surface area (Å²) in [7, 11) is 0. The Morgan fingerprint density at radius 3 is 2.78 bits per heavy atom. The summed E-state index contributed by atoms with van der Waals surface area (Å²) in [4.78, 5) is 10.1. The minimum atomic E-state index is -1.14. The molecule has 0 N–H and O–H groups in total. The highest BCUT2D eigenvalue weighted by atomic mass is 19.1. The fraction of sp³-hybridized carbons (Fsp3) is 0.800. The van der Waals surface area contributed by atoms with Crippen molar-refractivity contribution >= 4 is 6.16 Å². The highest BCUT2D eigenvalue weighted by Gasteiger charge is 2.29. The van der Waals surface area contributed by atoms with E-state index in [9.17, 15) is 9.18 Å². The largest absolute Gasteiger partial charge is 0.508 e. The first-order chi connectivity index (χ1) is 4.20. The summed E-state index contributed by atoms with van der Waals surface area (Å²) in [5.74, 6) is 0. The van der Waals surface area contributed by atoms with Crippen LogP contribution in [0.3, 0.4) is 0 Å². The maximum Gasteiger partial charge on any atom is 0.508 e. The van der Waals surface area contributed by atoms with Crippen LogP contribution in [-0.4, -0.2) is 25.0 Å². The zero-order valence-corrected chi connectivity index (χ0v) is 4.96. The topological polar surface area (TPSA) is 35.5 Å². The van der Waals surface area contributed by atoms with Gasteiger partial charge in [-0.05, 0) is 6.92 Å². The van der Waals surface area contributed by atoms with Crippen molar-refractivity contribution in [2.75, 3.05) is 6.61 Å². The van der Waals surface area contributed by atoms with Crippen LogP contribution in [0.2, 0.25) is 0 Å². The zero-order chi connectivity index (χ0) is 6.85. The number of hydrogen-bond donors (Lipinski definition) is 0. The molecule has 1 fully saturated rings. The van der Waals surface area contributed by atoms with Crippen molar-refractivity contribution in [1.82, 2.24) is 0 Å². The van der Waals surface area contributed by atoms with E-state index in [1.807, 2.05) is 0 Å². The van der Waals surface area contributed by atoms with Gasteiger partial charge in [-0.3, -0.25) is 0 Å². The Morgan fingerprint density at radius 1 is 1.89 bits per heavy atom. The van der Waals surface area contributed by atoms with E-state index in [-0.39, 0.29) is 6.61 Å². The molecule has 9 heavy (non-hydrogen) atoms. The normalized spacial score (nSPS) is 29.1. The molecule has 2 unspecified atom stereocenters. The molecule has 0 saturated carbocycles. The minimum Gasteiger partial charge on any atom is -0.430 e. The van der Waals surface area contributed by atoms with Crippen molar-refractivity contribution in [2.45, 2.75) is 19.2 Å². The summed E-state index contributed by atoms with van der Waals surface area (Å²) >= 11 is 0. The molecular weight excluding hydrogens is 127 g/mol. The molecule has 0 amide bonds. The SMILES string of the molecule is CC(F)C1COC(=O)O1. The van der Waals surface area contributed by atoms with Gasteiger partial charge in [-0.2, -0.15) is 0 Å². The summed E-state index contributed by atoms with van der Waals surface area (Å²) in [6, 6.07) is 0. The van der Waals surface area contributed by atoms with Gasteiger partial charge < -0.3 is 9.47 Å². The minimum absolute atomic E-state index is 0.0382. The third kappa shape index (κ3) is 1.31. The number of hydrogen-bond acceptors (Lipinski definition) is 3. The van der Waals surface area contributed by atoms with Crippen molar-refractivity contribution in [3.05, 3.63) is 0 Å². The second kappa shape index (κ2) is 2.21. The third-order valence-electron chi connectivity index (χ3n) is 1.13. The molecule has 1 aliphatic rings. The van der Waals surface area contributed by atoms with E-state index in [1.54, 1.807) is 0 Å². The quantitative estimate of drug-likeness (QED) is 0.499. The fourth-order valence-corrected chi connectivity index (χ4v) is 0.568. The highest BCUT2D eigenvalue weighted by Crippen LogP contribution is 2.11. The second-order valence-corrected chi connectivity index (χ2v) is 1.89. The number of carbonyl (C=O) groups is 1. The molecule has 1 heterocycles. The predicted octanol–water partition coefficient (Wildman–Crippen LogP) is 0.880. The van der Waals surface area contributed by atoms with Crippen molar-refractivity contribution in [1.29, 1.82) is 0 Å². The molecular formula is C5H7FO3. The summed E-state index contributed by atoms with van der Waals surface area (Å²) in [5, 5.41) is 0. The van der Waals surface area contributed by atoms with Gasteiger partial charge in [0, 0.05) is 0 Å². The van der Waals surface area contributed by atoms with E-state index in [4.69, 9.17) is 0 Å². The molecule has 3 nitrogen and oxygen atoms in total. The number of cyclic esters (lactones) is 2. The van der Waals surface area contributed by atoms with E-state index in [0.29, 0.717) is 0 Å². The Kier molecular flexibility index (Phi) is 1.55. The van der Waals surface area contributed by atoms with Crippen LogP contribution in [0.25, 0.3) is 0 Å². The van der Waals surface area contributed by atoms with Crippen molar-refractivity contribution < 1.29 is 18.7 Å². The molecule has 0 bridgehead atoms. The Balaban J connectivity index is 2.39. The van der Waals surface area contributed by atoms with Crippen LogP contribution in [0.1, 0.15) is 6.92 Å². The monoisotopic (exact) mass is 134 g/mol. The third-order valence-corrected chi connectivity index (χ3v) is 1.13. The number of rotatable bonds is 1. The van der Waals surface area contributed by atoms with Gasteiger partial charge in [0.15, 0.2) is 6.10 Å². The first kappa shape index (κ1) is 6.32. The Hall–Kier alpha value is -0.800. The smallest absolute Gasteiger partial charge is 0.430 e. The molecule has 0 aromatic rings. The van der Waals surface area contributed by atoms with E-state index in [2.05, 4.69) is 9.47 Å². The van der Waals surface area contributed by atoms with Gasteiger partial charge in [0.2, 0.25) is 0 Å². The molecule has 0 aromatic carbocycles. The lowest BCUT2D eigenvalue weighted by atomic mass is 10.3. The molecule has 52 valence electrons.